The number of ether oxygens (including phenoxy) is 1. The standard InChI is InChI=1S/C20H27N3O5/c1-7-23(16(25)12-21-19(27)28-20(4,5)6)17(18(26)22-13(2)3)14-8-10-15(24)11-9-14/h1,8-11,13,17,24H,12H2,2-6H3,(H,21,27)(H,22,26). The number of amides is 3. The lowest BCUT2D eigenvalue weighted by Gasteiger charge is -2.27. The number of hydrogen-bond donors (Lipinski definition) is 3. The van der Waals surface area contributed by atoms with E-state index in [2.05, 4.69) is 16.7 Å². The number of alkyl carbamates (subject to hydrolysis) is 1. The summed E-state index contributed by atoms with van der Waals surface area (Å²) < 4.78 is 5.08. The van der Waals surface area contributed by atoms with Crippen LogP contribution in [0.5, 0.6) is 5.75 Å². The maximum atomic E-state index is 12.7. The van der Waals surface area contributed by atoms with Gasteiger partial charge in [0.25, 0.3) is 5.91 Å². The zero-order chi connectivity index (χ0) is 21.5. The zero-order valence-electron chi connectivity index (χ0n) is 16.8. The summed E-state index contributed by atoms with van der Waals surface area (Å²) in [6.45, 7) is 8.19. The van der Waals surface area contributed by atoms with Gasteiger partial charge < -0.3 is 20.5 Å². The number of aromatic hydroxyl groups is 1. The first-order valence-corrected chi connectivity index (χ1v) is 8.79. The van der Waals surface area contributed by atoms with Crippen LogP contribution in [0.1, 0.15) is 46.2 Å². The summed E-state index contributed by atoms with van der Waals surface area (Å²) in [5, 5.41) is 14.5. The molecule has 1 atom stereocenters. The lowest BCUT2D eigenvalue weighted by Crippen LogP contribution is -2.46. The maximum absolute atomic E-state index is 12.7. The Morgan fingerprint density at radius 3 is 2.25 bits per heavy atom. The van der Waals surface area contributed by atoms with E-state index >= 15 is 0 Å². The summed E-state index contributed by atoms with van der Waals surface area (Å²) >= 11 is 0. The van der Waals surface area contributed by atoms with Gasteiger partial charge in [-0.3, -0.25) is 14.5 Å². The van der Waals surface area contributed by atoms with Gasteiger partial charge in [0.1, 0.15) is 23.9 Å². The van der Waals surface area contributed by atoms with Crippen LogP contribution >= 0.6 is 0 Å². The number of benzene rings is 1. The van der Waals surface area contributed by atoms with E-state index in [0.29, 0.717) is 5.56 Å². The molecule has 0 saturated carbocycles. The Bertz CT molecular complexity index is 745. The van der Waals surface area contributed by atoms with Gasteiger partial charge in [-0.05, 0) is 52.3 Å². The van der Waals surface area contributed by atoms with Crippen LogP contribution in [0.3, 0.4) is 0 Å². The molecule has 1 rings (SSSR count). The van der Waals surface area contributed by atoms with Crippen molar-refractivity contribution in [2.45, 2.75) is 52.3 Å². The van der Waals surface area contributed by atoms with Crippen molar-refractivity contribution >= 4 is 17.9 Å². The van der Waals surface area contributed by atoms with Gasteiger partial charge in [0, 0.05) is 12.1 Å². The second-order valence-corrected chi connectivity index (χ2v) is 7.41. The highest BCUT2D eigenvalue weighted by molar-refractivity contribution is 5.91. The number of phenolic OH excluding ortho intramolecular Hbond substituents is 1. The van der Waals surface area contributed by atoms with Gasteiger partial charge in [-0.25, -0.2) is 4.79 Å². The first-order valence-electron chi connectivity index (χ1n) is 8.79. The molecule has 0 aliphatic rings. The highest BCUT2D eigenvalue weighted by atomic mass is 16.6. The third kappa shape index (κ3) is 7.19. The fourth-order valence-electron chi connectivity index (χ4n) is 2.28. The average Bonchev–Trinajstić information content (AvgIpc) is 2.56. The van der Waals surface area contributed by atoms with Crippen molar-refractivity contribution in [2.24, 2.45) is 0 Å². The molecular weight excluding hydrogens is 362 g/mol. The van der Waals surface area contributed by atoms with Crippen LogP contribution in [0.25, 0.3) is 0 Å². The number of phenols is 1. The predicted molar refractivity (Wildman–Crippen MR) is 104 cm³/mol. The van der Waals surface area contributed by atoms with Gasteiger partial charge in [-0.15, -0.1) is 0 Å². The highest BCUT2D eigenvalue weighted by Gasteiger charge is 2.31. The number of carbonyl (C=O) groups is 3. The zero-order valence-corrected chi connectivity index (χ0v) is 16.8. The topological polar surface area (TPSA) is 108 Å². The molecular formula is C20H27N3O5. The predicted octanol–water partition coefficient (Wildman–Crippen LogP) is 1.90. The van der Waals surface area contributed by atoms with E-state index in [1.165, 1.54) is 24.3 Å². The minimum absolute atomic E-state index is 0.0111. The molecule has 0 bridgehead atoms. The van der Waals surface area contributed by atoms with Gasteiger partial charge >= 0.3 is 6.09 Å². The van der Waals surface area contributed by atoms with Gasteiger partial charge in [0.15, 0.2) is 0 Å². The number of carbonyl (C=O) groups excluding carboxylic acids is 3. The molecule has 1 aromatic rings. The minimum atomic E-state index is -1.12. The number of terminal acetylenes is 1. The monoisotopic (exact) mass is 389 g/mol. The summed E-state index contributed by atoms with van der Waals surface area (Å²) in [7, 11) is 0. The molecule has 8 heteroatoms. The lowest BCUT2D eigenvalue weighted by atomic mass is 10.0. The highest BCUT2D eigenvalue weighted by Crippen LogP contribution is 2.23. The fraction of sp³-hybridized carbons (Fsp3) is 0.450. The maximum Gasteiger partial charge on any atom is 0.408 e. The Morgan fingerprint density at radius 2 is 1.79 bits per heavy atom. The van der Waals surface area contributed by atoms with E-state index in [1.54, 1.807) is 34.6 Å². The molecule has 0 fully saturated rings. The van der Waals surface area contributed by atoms with Crippen molar-refractivity contribution in [3.63, 3.8) is 0 Å². The molecule has 0 heterocycles. The number of nitrogens with one attached hydrogen (secondary N) is 2. The van der Waals surface area contributed by atoms with E-state index in [-0.39, 0.29) is 11.8 Å². The average molecular weight is 389 g/mol. The fourth-order valence-corrected chi connectivity index (χ4v) is 2.28. The normalized spacial score (nSPS) is 11.9. The first kappa shape index (κ1) is 22.8. The Labute approximate surface area is 165 Å². The van der Waals surface area contributed by atoms with Crippen molar-refractivity contribution in [1.82, 2.24) is 15.5 Å². The molecule has 0 aliphatic carbocycles. The van der Waals surface area contributed by atoms with Crippen LogP contribution in [-0.4, -0.2) is 46.1 Å². The number of hydrogen-bond acceptors (Lipinski definition) is 5. The molecule has 3 N–H and O–H groups in total. The molecule has 0 saturated heterocycles. The van der Waals surface area contributed by atoms with Crippen molar-refractivity contribution in [3.05, 3.63) is 29.8 Å². The van der Waals surface area contributed by atoms with Crippen LogP contribution in [0.4, 0.5) is 4.79 Å². The Balaban J connectivity index is 3.03. The van der Waals surface area contributed by atoms with E-state index in [9.17, 15) is 19.5 Å². The van der Waals surface area contributed by atoms with Crippen molar-refractivity contribution in [3.8, 4) is 18.2 Å². The van der Waals surface area contributed by atoms with Crippen LogP contribution in [0, 0.1) is 12.5 Å². The van der Waals surface area contributed by atoms with Gasteiger partial charge in [-0.2, -0.15) is 0 Å². The van der Waals surface area contributed by atoms with Crippen LogP contribution in [0.15, 0.2) is 24.3 Å². The van der Waals surface area contributed by atoms with Gasteiger partial charge in [-0.1, -0.05) is 18.6 Å². The summed E-state index contributed by atoms with van der Waals surface area (Å²) in [6, 6.07) is 6.69. The quantitative estimate of drug-likeness (QED) is 0.509. The molecule has 28 heavy (non-hydrogen) atoms. The van der Waals surface area contributed by atoms with E-state index in [0.717, 1.165) is 4.90 Å². The largest absolute Gasteiger partial charge is 0.508 e. The van der Waals surface area contributed by atoms with E-state index < -0.39 is 36.1 Å². The lowest BCUT2D eigenvalue weighted by molar-refractivity contribution is -0.136. The molecule has 0 aliphatic heterocycles. The molecule has 152 valence electrons. The third-order valence-electron chi connectivity index (χ3n) is 3.34. The summed E-state index contributed by atoms with van der Waals surface area (Å²) in [4.78, 5) is 38.0. The molecule has 0 aromatic heterocycles. The first-order chi connectivity index (χ1) is 12.9. The Kier molecular flexibility index (Phi) is 7.87. The third-order valence-corrected chi connectivity index (χ3v) is 3.34. The molecule has 1 aromatic carbocycles. The van der Waals surface area contributed by atoms with Crippen molar-refractivity contribution < 1.29 is 24.2 Å². The van der Waals surface area contributed by atoms with E-state index in [4.69, 9.17) is 11.2 Å². The number of nitrogens with zero attached hydrogens (tertiary/aromatic N) is 1. The summed E-state index contributed by atoms with van der Waals surface area (Å²) in [5.74, 6) is -1.13. The van der Waals surface area contributed by atoms with Gasteiger partial charge in [0.2, 0.25) is 5.91 Å². The number of rotatable bonds is 6. The van der Waals surface area contributed by atoms with Crippen LogP contribution in [-0.2, 0) is 14.3 Å². The molecule has 0 radical (unpaired) electrons. The molecule has 8 nitrogen and oxygen atoms in total. The van der Waals surface area contributed by atoms with Crippen LogP contribution in [0.2, 0.25) is 0 Å². The SMILES string of the molecule is C#CN(C(=O)CNC(=O)OC(C)(C)C)C(C(=O)NC(C)C)c1ccc(O)cc1. The van der Waals surface area contributed by atoms with Crippen molar-refractivity contribution in [1.29, 1.82) is 0 Å². The summed E-state index contributed by atoms with van der Waals surface area (Å²) in [5.41, 5.74) is -0.301. The smallest absolute Gasteiger partial charge is 0.408 e. The second kappa shape index (κ2) is 9.65. The Morgan fingerprint density at radius 1 is 1.21 bits per heavy atom. The minimum Gasteiger partial charge on any atom is -0.508 e. The summed E-state index contributed by atoms with van der Waals surface area (Å²) in [6.07, 6.45) is 4.73. The van der Waals surface area contributed by atoms with Crippen molar-refractivity contribution in [2.75, 3.05) is 6.54 Å². The Hall–Kier alpha value is -3.21. The van der Waals surface area contributed by atoms with E-state index in [1.807, 2.05) is 0 Å². The van der Waals surface area contributed by atoms with Crippen LogP contribution < -0.4 is 10.6 Å². The molecule has 3 amide bonds. The van der Waals surface area contributed by atoms with Gasteiger partial charge in [0.05, 0.1) is 0 Å². The molecule has 0 spiro atoms. The second-order valence-electron chi connectivity index (χ2n) is 7.41. The molecule has 1 unspecified atom stereocenters.